The van der Waals surface area contributed by atoms with Gasteiger partial charge in [0.1, 0.15) is 0 Å². The van der Waals surface area contributed by atoms with Crippen molar-refractivity contribution in [2.24, 2.45) is 0 Å². The molecular weight excluding hydrogens is 250 g/mol. The molecular formula is C14H22ClNS. The molecule has 3 heteroatoms. The maximum absolute atomic E-state index is 6.29. The molecule has 0 aliphatic rings. The molecule has 96 valence electrons. The zero-order valence-electron chi connectivity index (χ0n) is 10.9. The lowest BCUT2D eigenvalue weighted by molar-refractivity contribution is 0.570. The van der Waals surface area contributed by atoms with E-state index in [2.05, 4.69) is 44.3 Å². The summed E-state index contributed by atoms with van der Waals surface area (Å²) in [6, 6.07) is 6.78. The Balaban J connectivity index is 2.67. The van der Waals surface area contributed by atoms with Gasteiger partial charge in [0.2, 0.25) is 0 Å². The highest BCUT2D eigenvalue weighted by molar-refractivity contribution is 7.99. The molecule has 0 saturated carbocycles. The lowest BCUT2D eigenvalue weighted by Crippen LogP contribution is -2.19. The number of rotatable bonds is 7. The third-order valence-electron chi connectivity index (χ3n) is 2.62. The van der Waals surface area contributed by atoms with E-state index in [1.165, 1.54) is 16.9 Å². The van der Waals surface area contributed by atoms with Gasteiger partial charge in [-0.1, -0.05) is 31.5 Å². The first kappa shape index (κ1) is 14.9. The van der Waals surface area contributed by atoms with Crippen LogP contribution in [0.15, 0.2) is 23.1 Å². The monoisotopic (exact) mass is 271 g/mol. The van der Waals surface area contributed by atoms with E-state index in [9.17, 15) is 0 Å². The van der Waals surface area contributed by atoms with E-state index >= 15 is 0 Å². The molecule has 0 bridgehead atoms. The highest BCUT2D eigenvalue weighted by Gasteiger charge is 2.07. The van der Waals surface area contributed by atoms with Crippen LogP contribution >= 0.6 is 23.4 Å². The van der Waals surface area contributed by atoms with Crippen LogP contribution in [0, 0.1) is 0 Å². The van der Waals surface area contributed by atoms with Gasteiger partial charge in [-0.05, 0) is 49.8 Å². The fourth-order valence-corrected chi connectivity index (χ4v) is 2.73. The van der Waals surface area contributed by atoms with Crippen molar-refractivity contribution in [1.29, 1.82) is 0 Å². The Bertz CT molecular complexity index is 341. The molecule has 0 amide bonds. The molecule has 0 saturated heterocycles. The molecule has 1 rings (SSSR count). The summed E-state index contributed by atoms with van der Waals surface area (Å²) in [5, 5.41) is 4.35. The molecule has 1 aromatic rings. The summed E-state index contributed by atoms with van der Waals surface area (Å²) < 4.78 is 0. The topological polar surface area (TPSA) is 12.0 Å². The second kappa shape index (κ2) is 8.02. The number of nitrogens with one attached hydrogen (secondary N) is 1. The maximum Gasteiger partial charge on any atom is 0.0545 e. The Kier molecular flexibility index (Phi) is 7.02. The van der Waals surface area contributed by atoms with Crippen LogP contribution in [0.5, 0.6) is 0 Å². The van der Waals surface area contributed by atoms with Crippen molar-refractivity contribution < 1.29 is 0 Å². The summed E-state index contributed by atoms with van der Waals surface area (Å²) in [4.78, 5) is 1.19. The summed E-state index contributed by atoms with van der Waals surface area (Å²) in [5.74, 6) is 1.13. The van der Waals surface area contributed by atoms with E-state index in [-0.39, 0.29) is 0 Å². The third kappa shape index (κ3) is 4.90. The van der Waals surface area contributed by atoms with Gasteiger partial charge in [-0.15, -0.1) is 11.8 Å². The average molecular weight is 272 g/mol. The van der Waals surface area contributed by atoms with Gasteiger partial charge in [0.25, 0.3) is 0 Å². The van der Waals surface area contributed by atoms with Crippen molar-refractivity contribution in [2.45, 2.75) is 44.6 Å². The fourth-order valence-electron chi connectivity index (χ4n) is 1.59. The number of thioether (sulfide) groups is 1. The maximum atomic E-state index is 6.29. The summed E-state index contributed by atoms with van der Waals surface area (Å²) in [6.45, 7) is 7.59. The van der Waals surface area contributed by atoms with Crippen molar-refractivity contribution in [3.8, 4) is 0 Å². The largest absolute Gasteiger partial charge is 0.310 e. The van der Waals surface area contributed by atoms with Gasteiger partial charge >= 0.3 is 0 Å². The van der Waals surface area contributed by atoms with Crippen LogP contribution in [0.1, 0.15) is 45.2 Å². The van der Waals surface area contributed by atoms with Crippen molar-refractivity contribution in [3.63, 3.8) is 0 Å². The van der Waals surface area contributed by atoms with Crippen molar-refractivity contribution in [1.82, 2.24) is 5.32 Å². The molecule has 0 aromatic heterocycles. The summed E-state index contributed by atoms with van der Waals surface area (Å²) in [7, 11) is 0. The van der Waals surface area contributed by atoms with Crippen LogP contribution in [-0.4, -0.2) is 12.3 Å². The minimum atomic E-state index is 0.373. The molecule has 1 unspecified atom stereocenters. The Morgan fingerprint density at radius 2 is 2.06 bits per heavy atom. The number of halogens is 1. The highest BCUT2D eigenvalue weighted by atomic mass is 35.5. The van der Waals surface area contributed by atoms with Crippen LogP contribution in [0.3, 0.4) is 0 Å². The lowest BCUT2D eigenvalue weighted by atomic mass is 10.1. The Morgan fingerprint density at radius 3 is 2.65 bits per heavy atom. The molecule has 0 aliphatic carbocycles. The summed E-state index contributed by atoms with van der Waals surface area (Å²) in [6.07, 6.45) is 2.33. The molecule has 1 N–H and O–H groups in total. The average Bonchev–Trinajstić information content (AvgIpc) is 2.34. The molecule has 1 atom stereocenters. The predicted molar refractivity (Wildman–Crippen MR) is 79.2 cm³/mol. The zero-order chi connectivity index (χ0) is 12.7. The van der Waals surface area contributed by atoms with Crippen LogP contribution in [0.2, 0.25) is 5.02 Å². The Hall–Kier alpha value is -0.180. The highest BCUT2D eigenvalue weighted by Crippen LogP contribution is 2.30. The van der Waals surface area contributed by atoms with Gasteiger partial charge in [0.15, 0.2) is 0 Å². The summed E-state index contributed by atoms with van der Waals surface area (Å²) in [5.41, 5.74) is 1.27. The van der Waals surface area contributed by atoms with Gasteiger partial charge in [0, 0.05) is 10.9 Å². The summed E-state index contributed by atoms with van der Waals surface area (Å²) >= 11 is 8.13. The minimum Gasteiger partial charge on any atom is -0.310 e. The minimum absolute atomic E-state index is 0.373. The van der Waals surface area contributed by atoms with Gasteiger partial charge in [-0.3, -0.25) is 0 Å². The standard InChI is InChI=1S/C14H22ClNS/c1-4-8-16-11(3)12-6-7-14(13(15)10-12)17-9-5-2/h6-7,10-11,16H,4-5,8-9H2,1-3H3. The first-order valence-electron chi connectivity index (χ1n) is 6.34. The third-order valence-corrected chi connectivity index (χ3v) is 4.32. The SMILES string of the molecule is CCCNC(C)c1ccc(SCCC)c(Cl)c1. The van der Waals surface area contributed by atoms with E-state index < -0.39 is 0 Å². The molecule has 17 heavy (non-hydrogen) atoms. The number of hydrogen-bond acceptors (Lipinski definition) is 2. The van der Waals surface area contributed by atoms with E-state index in [1.807, 2.05) is 11.8 Å². The number of hydrogen-bond donors (Lipinski definition) is 1. The predicted octanol–water partition coefficient (Wildman–Crippen LogP) is 4.90. The van der Waals surface area contributed by atoms with Gasteiger partial charge in [-0.25, -0.2) is 0 Å². The van der Waals surface area contributed by atoms with Gasteiger partial charge < -0.3 is 5.32 Å². The van der Waals surface area contributed by atoms with Crippen LogP contribution < -0.4 is 5.32 Å². The normalized spacial score (nSPS) is 12.7. The lowest BCUT2D eigenvalue weighted by Gasteiger charge is -2.15. The van der Waals surface area contributed by atoms with Gasteiger partial charge in [-0.2, -0.15) is 0 Å². The van der Waals surface area contributed by atoms with E-state index in [1.54, 1.807) is 0 Å². The molecule has 0 fully saturated rings. The molecule has 1 aromatic carbocycles. The zero-order valence-corrected chi connectivity index (χ0v) is 12.5. The quantitative estimate of drug-likeness (QED) is 0.708. The Labute approximate surface area is 114 Å². The second-order valence-corrected chi connectivity index (χ2v) is 5.76. The second-order valence-electron chi connectivity index (χ2n) is 4.21. The molecule has 0 spiro atoms. The molecule has 0 radical (unpaired) electrons. The fraction of sp³-hybridized carbons (Fsp3) is 0.571. The van der Waals surface area contributed by atoms with Gasteiger partial charge in [0.05, 0.1) is 5.02 Å². The van der Waals surface area contributed by atoms with E-state index in [0.29, 0.717) is 6.04 Å². The van der Waals surface area contributed by atoms with E-state index in [4.69, 9.17) is 11.6 Å². The van der Waals surface area contributed by atoms with Crippen molar-refractivity contribution >= 4 is 23.4 Å². The van der Waals surface area contributed by atoms with E-state index in [0.717, 1.165) is 23.7 Å². The van der Waals surface area contributed by atoms with Crippen LogP contribution in [-0.2, 0) is 0 Å². The number of benzene rings is 1. The van der Waals surface area contributed by atoms with Crippen molar-refractivity contribution in [3.05, 3.63) is 28.8 Å². The van der Waals surface area contributed by atoms with Crippen LogP contribution in [0.4, 0.5) is 0 Å². The molecule has 0 heterocycles. The molecule has 0 aliphatic heterocycles. The first-order chi connectivity index (χ1) is 8.19. The first-order valence-corrected chi connectivity index (χ1v) is 7.71. The smallest absolute Gasteiger partial charge is 0.0545 e. The van der Waals surface area contributed by atoms with Crippen LogP contribution in [0.25, 0.3) is 0 Å². The molecule has 1 nitrogen and oxygen atoms in total. The Morgan fingerprint density at radius 1 is 1.29 bits per heavy atom. The van der Waals surface area contributed by atoms with Crippen molar-refractivity contribution in [2.75, 3.05) is 12.3 Å².